The molecule has 7 heteroatoms. The van der Waals surface area contributed by atoms with Crippen molar-refractivity contribution >= 4 is 28.7 Å². The van der Waals surface area contributed by atoms with Crippen molar-refractivity contribution in [2.75, 3.05) is 17.3 Å². The zero-order chi connectivity index (χ0) is 15.9. The zero-order valence-electron chi connectivity index (χ0n) is 11.7. The van der Waals surface area contributed by atoms with Crippen LogP contribution in [0, 0.1) is 15.9 Å². The number of likely N-dealkylation sites (N-methyl/N-ethyl adjacent to an activating group) is 1. The fourth-order valence-corrected chi connectivity index (χ4v) is 2.46. The van der Waals surface area contributed by atoms with Gasteiger partial charge in [-0.2, -0.15) is 0 Å². The van der Waals surface area contributed by atoms with Gasteiger partial charge in [0, 0.05) is 18.4 Å². The first-order valence-electron chi connectivity index (χ1n) is 6.56. The Balaban J connectivity index is 1.94. The molecule has 112 valence electrons. The van der Waals surface area contributed by atoms with Crippen LogP contribution in [0.4, 0.5) is 27.1 Å². The van der Waals surface area contributed by atoms with E-state index in [-0.39, 0.29) is 17.3 Å². The number of anilines is 3. The van der Waals surface area contributed by atoms with Crippen molar-refractivity contribution in [3.8, 4) is 0 Å². The lowest BCUT2D eigenvalue weighted by atomic mass is 10.1. The largest absolute Gasteiger partial charge is 0.350 e. The van der Waals surface area contributed by atoms with Gasteiger partial charge in [0.05, 0.1) is 17.4 Å². The first-order valence-corrected chi connectivity index (χ1v) is 6.56. The number of benzene rings is 2. The van der Waals surface area contributed by atoms with Crippen molar-refractivity contribution in [1.82, 2.24) is 0 Å². The lowest BCUT2D eigenvalue weighted by Gasteiger charge is -2.12. The average molecular weight is 301 g/mol. The fourth-order valence-electron chi connectivity index (χ4n) is 2.46. The van der Waals surface area contributed by atoms with Gasteiger partial charge in [-0.25, -0.2) is 4.39 Å². The average Bonchev–Trinajstić information content (AvgIpc) is 2.75. The van der Waals surface area contributed by atoms with Crippen LogP contribution in [0.1, 0.15) is 5.56 Å². The normalized spacial score (nSPS) is 13.2. The number of halogens is 1. The van der Waals surface area contributed by atoms with E-state index >= 15 is 0 Å². The first kappa shape index (κ1) is 14.0. The lowest BCUT2D eigenvalue weighted by Crippen LogP contribution is -2.20. The van der Waals surface area contributed by atoms with Crippen molar-refractivity contribution in [2.45, 2.75) is 6.42 Å². The third kappa shape index (κ3) is 2.37. The molecule has 1 N–H and O–H groups in total. The summed E-state index contributed by atoms with van der Waals surface area (Å²) < 4.78 is 13.1. The van der Waals surface area contributed by atoms with Crippen LogP contribution >= 0.6 is 0 Å². The topological polar surface area (TPSA) is 75.5 Å². The maximum atomic E-state index is 13.1. The maximum absolute atomic E-state index is 13.1. The summed E-state index contributed by atoms with van der Waals surface area (Å²) in [6.07, 6.45) is 0.298. The molecule has 0 unspecified atom stereocenters. The standard InChI is InChI=1S/C15H12FN3O3/c1-18-13-5-3-11(6-9(13)7-15(18)20)17-12-4-2-10(16)8-14(12)19(21)22/h2-6,8,17H,7H2,1H3. The van der Waals surface area contributed by atoms with E-state index in [1.165, 1.54) is 6.07 Å². The highest BCUT2D eigenvalue weighted by Gasteiger charge is 2.24. The monoisotopic (exact) mass is 301 g/mol. The van der Waals surface area contributed by atoms with Gasteiger partial charge in [-0.1, -0.05) is 0 Å². The smallest absolute Gasteiger partial charge is 0.295 e. The molecule has 3 rings (SSSR count). The van der Waals surface area contributed by atoms with Crippen LogP contribution in [0.2, 0.25) is 0 Å². The summed E-state index contributed by atoms with van der Waals surface area (Å²) in [6, 6.07) is 8.60. The molecule has 1 aliphatic rings. The van der Waals surface area contributed by atoms with Crippen LogP contribution in [0.25, 0.3) is 0 Å². The molecule has 6 nitrogen and oxygen atoms in total. The van der Waals surface area contributed by atoms with Gasteiger partial charge in [-0.3, -0.25) is 14.9 Å². The first-order chi connectivity index (χ1) is 10.5. The fraction of sp³-hybridized carbons (Fsp3) is 0.133. The van der Waals surface area contributed by atoms with Gasteiger partial charge in [0.25, 0.3) is 5.69 Å². The minimum Gasteiger partial charge on any atom is -0.350 e. The molecule has 1 aliphatic heterocycles. The molecular weight excluding hydrogens is 289 g/mol. The summed E-state index contributed by atoms with van der Waals surface area (Å²) in [5, 5.41) is 13.9. The van der Waals surface area contributed by atoms with E-state index in [4.69, 9.17) is 0 Å². The van der Waals surface area contributed by atoms with Crippen LogP contribution in [0.5, 0.6) is 0 Å². The summed E-state index contributed by atoms with van der Waals surface area (Å²) in [6.45, 7) is 0. The molecule has 22 heavy (non-hydrogen) atoms. The van der Waals surface area contributed by atoms with Gasteiger partial charge in [0.1, 0.15) is 11.5 Å². The highest BCUT2D eigenvalue weighted by molar-refractivity contribution is 6.01. The predicted molar refractivity (Wildman–Crippen MR) is 79.9 cm³/mol. The Kier molecular flexibility index (Phi) is 3.25. The van der Waals surface area contributed by atoms with Gasteiger partial charge in [0.2, 0.25) is 5.91 Å². The number of nitrogens with zero attached hydrogens (tertiary/aromatic N) is 2. The minimum absolute atomic E-state index is 0.0000808. The van der Waals surface area contributed by atoms with Gasteiger partial charge in [-0.15, -0.1) is 0 Å². The second-order valence-corrected chi connectivity index (χ2v) is 5.02. The van der Waals surface area contributed by atoms with Crippen LogP contribution in [-0.4, -0.2) is 17.9 Å². The summed E-state index contributed by atoms with van der Waals surface area (Å²) in [5.41, 5.74) is 2.14. The van der Waals surface area contributed by atoms with Gasteiger partial charge in [0.15, 0.2) is 0 Å². The quantitative estimate of drug-likeness (QED) is 0.698. The number of nitro benzene ring substituents is 1. The van der Waals surface area contributed by atoms with E-state index in [1.54, 1.807) is 30.1 Å². The van der Waals surface area contributed by atoms with Crippen molar-refractivity contribution in [2.24, 2.45) is 0 Å². The van der Waals surface area contributed by atoms with Crippen LogP contribution in [0.3, 0.4) is 0 Å². The zero-order valence-corrected chi connectivity index (χ0v) is 11.7. The molecule has 0 aliphatic carbocycles. The van der Waals surface area contributed by atoms with Gasteiger partial charge >= 0.3 is 0 Å². The summed E-state index contributed by atoms with van der Waals surface area (Å²) >= 11 is 0. The van der Waals surface area contributed by atoms with Crippen LogP contribution in [0.15, 0.2) is 36.4 Å². The second kappa shape index (κ2) is 5.10. The number of nitrogens with one attached hydrogen (secondary N) is 1. The minimum atomic E-state index is -0.668. The van der Waals surface area contributed by atoms with Crippen molar-refractivity contribution < 1.29 is 14.1 Å². The van der Waals surface area contributed by atoms with E-state index in [0.717, 1.165) is 23.4 Å². The summed E-state index contributed by atoms with van der Waals surface area (Å²) in [5.74, 6) is -0.668. The molecule has 0 fully saturated rings. The Hall–Kier alpha value is -2.96. The van der Waals surface area contributed by atoms with E-state index in [9.17, 15) is 19.3 Å². The summed E-state index contributed by atoms with van der Waals surface area (Å²) in [4.78, 5) is 23.6. The Bertz CT molecular complexity index is 792. The van der Waals surface area contributed by atoms with Gasteiger partial charge < -0.3 is 10.2 Å². The number of carbonyl (C=O) groups is 1. The Morgan fingerprint density at radius 2 is 2.05 bits per heavy atom. The number of hydrogen-bond acceptors (Lipinski definition) is 4. The molecule has 1 heterocycles. The molecule has 0 saturated heterocycles. The SMILES string of the molecule is CN1C(=O)Cc2cc(Nc3ccc(F)cc3[N+](=O)[O-])ccc21. The Labute approximate surface area is 125 Å². The second-order valence-electron chi connectivity index (χ2n) is 5.02. The molecule has 0 spiro atoms. The number of rotatable bonds is 3. The maximum Gasteiger partial charge on any atom is 0.295 e. The number of amides is 1. The molecule has 0 aromatic heterocycles. The third-order valence-electron chi connectivity index (χ3n) is 3.59. The molecule has 0 saturated carbocycles. The highest BCUT2D eigenvalue weighted by atomic mass is 19.1. The molecular formula is C15H12FN3O3. The van der Waals surface area contributed by atoms with E-state index in [2.05, 4.69) is 5.32 Å². The van der Waals surface area contributed by atoms with Gasteiger partial charge in [-0.05, 0) is 35.9 Å². The van der Waals surface area contributed by atoms with Crippen molar-refractivity contribution in [1.29, 1.82) is 0 Å². The molecule has 2 aromatic rings. The van der Waals surface area contributed by atoms with E-state index in [1.807, 2.05) is 0 Å². The molecule has 0 radical (unpaired) electrons. The molecule has 0 atom stereocenters. The highest BCUT2D eigenvalue weighted by Crippen LogP contribution is 2.33. The van der Waals surface area contributed by atoms with E-state index in [0.29, 0.717) is 12.1 Å². The molecule has 2 aromatic carbocycles. The Morgan fingerprint density at radius 1 is 1.27 bits per heavy atom. The van der Waals surface area contributed by atoms with Crippen LogP contribution < -0.4 is 10.2 Å². The van der Waals surface area contributed by atoms with Crippen LogP contribution in [-0.2, 0) is 11.2 Å². The summed E-state index contributed by atoms with van der Waals surface area (Å²) in [7, 11) is 1.70. The number of nitro groups is 1. The number of fused-ring (bicyclic) bond motifs is 1. The lowest BCUT2D eigenvalue weighted by molar-refractivity contribution is -0.384. The molecule has 0 bridgehead atoms. The number of hydrogen-bond donors (Lipinski definition) is 1. The van der Waals surface area contributed by atoms with E-state index < -0.39 is 10.7 Å². The predicted octanol–water partition coefficient (Wildman–Crippen LogP) is 3.00. The van der Waals surface area contributed by atoms with Crippen molar-refractivity contribution in [3.63, 3.8) is 0 Å². The molecule has 1 amide bonds. The van der Waals surface area contributed by atoms with Crippen molar-refractivity contribution in [3.05, 3.63) is 57.9 Å². The third-order valence-corrected chi connectivity index (χ3v) is 3.59. The Morgan fingerprint density at radius 3 is 2.77 bits per heavy atom. The number of carbonyl (C=O) groups excluding carboxylic acids is 1.